The van der Waals surface area contributed by atoms with Gasteiger partial charge < -0.3 is 14.2 Å². The van der Waals surface area contributed by atoms with Gasteiger partial charge in [0.1, 0.15) is 11.5 Å². The highest BCUT2D eigenvalue weighted by Crippen LogP contribution is 2.41. The minimum atomic E-state index is -0.478. The van der Waals surface area contributed by atoms with Gasteiger partial charge in [-0.25, -0.2) is 4.79 Å². The van der Waals surface area contributed by atoms with E-state index in [-0.39, 0.29) is 0 Å². The molecule has 0 amide bonds. The Morgan fingerprint density at radius 3 is 2.25 bits per heavy atom. The Kier molecular flexibility index (Phi) is 3.13. The van der Waals surface area contributed by atoms with Gasteiger partial charge in [0.15, 0.2) is 11.5 Å². The second kappa shape index (κ2) is 5.09. The number of carbonyl (C=O) groups excluding carboxylic acids is 1. The summed E-state index contributed by atoms with van der Waals surface area (Å²) >= 11 is 0. The number of hydrogen-bond acceptors (Lipinski definition) is 4. The van der Waals surface area contributed by atoms with Gasteiger partial charge in [0.25, 0.3) is 0 Å². The van der Waals surface area contributed by atoms with E-state index >= 15 is 0 Å². The molecule has 1 aliphatic rings. The van der Waals surface area contributed by atoms with Crippen LogP contribution in [0.1, 0.15) is 5.56 Å². The Labute approximate surface area is 116 Å². The molecule has 0 saturated carbocycles. The summed E-state index contributed by atoms with van der Waals surface area (Å²) in [6.07, 6.45) is 1.31. The van der Waals surface area contributed by atoms with Crippen LogP contribution in [0.4, 0.5) is 0 Å². The smallest absolute Gasteiger partial charge is 0.334 e. The van der Waals surface area contributed by atoms with Crippen molar-refractivity contribution >= 4 is 11.7 Å². The molecule has 0 atom stereocenters. The second-order valence-electron chi connectivity index (χ2n) is 4.18. The molecule has 0 aromatic heterocycles. The molecule has 100 valence electrons. The minimum Gasteiger partial charge on any atom is -0.466 e. The molecule has 20 heavy (non-hydrogen) atoms. The van der Waals surface area contributed by atoms with E-state index in [9.17, 15) is 4.79 Å². The van der Waals surface area contributed by atoms with Crippen molar-refractivity contribution in [2.75, 3.05) is 7.11 Å². The lowest BCUT2D eigenvalue weighted by Crippen LogP contribution is -2.01. The van der Waals surface area contributed by atoms with Crippen molar-refractivity contribution in [1.82, 2.24) is 0 Å². The topological polar surface area (TPSA) is 44.8 Å². The molecule has 4 nitrogen and oxygen atoms in total. The average Bonchev–Trinajstić information content (AvgIpc) is 2.63. The lowest BCUT2D eigenvalue weighted by Gasteiger charge is -2.07. The molecule has 0 unspecified atom stereocenters. The third kappa shape index (κ3) is 2.23. The average molecular weight is 268 g/mol. The Balaban J connectivity index is 2.15. The lowest BCUT2D eigenvalue weighted by atomic mass is 10.1. The number of benzene rings is 2. The Bertz CT molecular complexity index is 688. The molecule has 1 aliphatic heterocycles. The van der Waals surface area contributed by atoms with E-state index in [1.54, 1.807) is 6.07 Å². The molecule has 0 saturated heterocycles. The number of ether oxygens (including phenoxy) is 3. The summed E-state index contributed by atoms with van der Waals surface area (Å²) in [4.78, 5) is 11.5. The van der Waals surface area contributed by atoms with Crippen molar-refractivity contribution in [1.29, 1.82) is 0 Å². The first-order valence-corrected chi connectivity index (χ1v) is 6.12. The van der Waals surface area contributed by atoms with E-state index in [1.165, 1.54) is 13.2 Å². The first-order chi connectivity index (χ1) is 9.78. The molecule has 2 aromatic carbocycles. The Morgan fingerprint density at radius 2 is 1.55 bits per heavy atom. The molecule has 2 aromatic rings. The maximum atomic E-state index is 11.5. The molecule has 0 aliphatic carbocycles. The van der Waals surface area contributed by atoms with Crippen molar-refractivity contribution in [3.63, 3.8) is 0 Å². The molecule has 0 radical (unpaired) electrons. The highest BCUT2D eigenvalue weighted by molar-refractivity contribution is 5.91. The van der Waals surface area contributed by atoms with E-state index < -0.39 is 5.97 Å². The predicted octanol–water partition coefficient (Wildman–Crippen LogP) is 3.39. The van der Waals surface area contributed by atoms with Gasteiger partial charge in [-0.3, -0.25) is 0 Å². The highest BCUT2D eigenvalue weighted by Gasteiger charge is 2.20. The zero-order valence-electron chi connectivity index (χ0n) is 10.8. The fraction of sp³-hybridized carbons (Fsp3) is 0.0625. The van der Waals surface area contributed by atoms with Gasteiger partial charge in [0.2, 0.25) is 0 Å². The van der Waals surface area contributed by atoms with E-state index in [0.29, 0.717) is 28.6 Å². The van der Waals surface area contributed by atoms with E-state index in [4.69, 9.17) is 9.47 Å². The van der Waals surface area contributed by atoms with Crippen molar-refractivity contribution in [3.8, 4) is 17.2 Å². The summed E-state index contributed by atoms with van der Waals surface area (Å²) in [5.41, 5.74) is 0.703. The predicted molar refractivity (Wildman–Crippen MR) is 73.6 cm³/mol. The molecule has 0 bridgehead atoms. The van der Waals surface area contributed by atoms with Crippen molar-refractivity contribution in [2.24, 2.45) is 0 Å². The highest BCUT2D eigenvalue weighted by atomic mass is 16.5. The number of hydrogen-bond donors (Lipinski definition) is 0. The van der Waals surface area contributed by atoms with Crippen LogP contribution >= 0.6 is 0 Å². The van der Waals surface area contributed by atoms with Crippen LogP contribution in [-0.2, 0) is 9.53 Å². The monoisotopic (exact) mass is 268 g/mol. The van der Waals surface area contributed by atoms with Crippen LogP contribution in [0.15, 0.2) is 54.6 Å². The van der Waals surface area contributed by atoms with Gasteiger partial charge in [-0.1, -0.05) is 24.3 Å². The fourth-order valence-electron chi connectivity index (χ4n) is 1.94. The SMILES string of the molecule is COC(=O)/C=C1/Oc2ccccc2Oc2ccccc21. The van der Waals surface area contributed by atoms with Crippen LogP contribution in [0.3, 0.4) is 0 Å². The number of carbonyl (C=O) groups is 1. The largest absolute Gasteiger partial charge is 0.466 e. The summed E-state index contributed by atoms with van der Waals surface area (Å²) in [6, 6.07) is 14.7. The minimum absolute atomic E-state index is 0.400. The molecular weight excluding hydrogens is 256 g/mol. The lowest BCUT2D eigenvalue weighted by molar-refractivity contribution is -0.134. The number of fused-ring (bicyclic) bond motifs is 2. The zero-order chi connectivity index (χ0) is 13.9. The van der Waals surface area contributed by atoms with Crippen molar-refractivity contribution < 1.29 is 19.0 Å². The molecule has 1 heterocycles. The number of rotatable bonds is 1. The summed E-state index contributed by atoms with van der Waals surface area (Å²) in [6.45, 7) is 0. The number of methoxy groups -OCH3 is 1. The summed E-state index contributed by atoms with van der Waals surface area (Å²) < 4.78 is 16.3. The second-order valence-corrected chi connectivity index (χ2v) is 4.18. The van der Waals surface area contributed by atoms with Crippen LogP contribution in [0, 0.1) is 0 Å². The Hall–Kier alpha value is -2.75. The van der Waals surface area contributed by atoms with Crippen molar-refractivity contribution in [2.45, 2.75) is 0 Å². The molecule has 0 N–H and O–H groups in total. The van der Waals surface area contributed by atoms with Crippen LogP contribution in [0.25, 0.3) is 5.76 Å². The van der Waals surface area contributed by atoms with E-state index in [0.717, 1.165) is 0 Å². The summed E-state index contributed by atoms with van der Waals surface area (Å²) in [5, 5.41) is 0. The fourth-order valence-corrected chi connectivity index (χ4v) is 1.94. The third-order valence-corrected chi connectivity index (χ3v) is 2.89. The van der Waals surface area contributed by atoms with Crippen molar-refractivity contribution in [3.05, 3.63) is 60.2 Å². The van der Waals surface area contributed by atoms with Gasteiger partial charge in [-0.05, 0) is 24.3 Å². The van der Waals surface area contributed by atoms with Crippen LogP contribution < -0.4 is 9.47 Å². The Morgan fingerprint density at radius 1 is 0.950 bits per heavy atom. The molecule has 3 rings (SSSR count). The van der Waals surface area contributed by atoms with Gasteiger partial charge >= 0.3 is 5.97 Å². The first-order valence-electron chi connectivity index (χ1n) is 6.12. The standard InChI is InChI=1S/C16H12O4/c1-18-16(17)10-15-11-6-2-3-7-12(11)19-13-8-4-5-9-14(13)20-15/h2-10H,1H3/b15-10+. The first kappa shape index (κ1) is 12.3. The maximum absolute atomic E-state index is 11.5. The molecular formula is C16H12O4. The van der Waals surface area contributed by atoms with Gasteiger partial charge in [0, 0.05) is 0 Å². The van der Waals surface area contributed by atoms with Gasteiger partial charge in [-0.15, -0.1) is 0 Å². The van der Waals surface area contributed by atoms with Crippen LogP contribution in [-0.4, -0.2) is 13.1 Å². The van der Waals surface area contributed by atoms with Crippen LogP contribution in [0.5, 0.6) is 17.2 Å². The van der Waals surface area contributed by atoms with Crippen LogP contribution in [0.2, 0.25) is 0 Å². The quantitative estimate of drug-likeness (QED) is 0.587. The van der Waals surface area contributed by atoms with E-state index in [2.05, 4.69) is 4.74 Å². The zero-order valence-corrected chi connectivity index (χ0v) is 10.8. The third-order valence-electron chi connectivity index (χ3n) is 2.89. The molecule has 0 fully saturated rings. The molecule has 0 spiro atoms. The summed E-state index contributed by atoms with van der Waals surface area (Å²) in [5.74, 6) is 1.71. The maximum Gasteiger partial charge on any atom is 0.334 e. The summed E-state index contributed by atoms with van der Waals surface area (Å²) in [7, 11) is 1.33. The molecule has 4 heteroatoms. The van der Waals surface area contributed by atoms with Gasteiger partial charge in [0.05, 0.1) is 18.7 Å². The number of para-hydroxylation sites is 3. The van der Waals surface area contributed by atoms with E-state index in [1.807, 2.05) is 42.5 Å². The number of esters is 1. The normalized spacial score (nSPS) is 14.3. The van der Waals surface area contributed by atoms with Gasteiger partial charge in [-0.2, -0.15) is 0 Å².